The Morgan fingerprint density at radius 2 is 2.31 bits per heavy atom. The van der Waals surface area contributed by atoms with Crippen LogP contribution in [0.4, 0.5) is 0 Å². The number of halogens is 2. The number of allylic oxidation sites excluding steroid dienone is 1. The van der Waals surface area contributed by atoms with Crippen LogP contribution in [0.25, 0.3) is 0 Å². The average molecular weight is 262 g/mol. The minimum absolute atomic E-state index is 0.655. The van der Waals surface area contributed by atoms with Crippen LogP contribution in [0, 0.1) is 0 Å². The zero-order chi connectivity index (χ0) is 9.84. The third kappa shape index (κ3) is 3.05. The lowest BCUT2D eigenvalue weighted by molar-refractivity contribution is 0.285. The van der Waals surface area contributed by atoms with Crippen LogP contribution in [-0.4, -0.2) is 7.11 Å². The third-order valence-electron chi connectivity index (χ3n) is 1.69. The summed E-state index contributed by atoms with van der Waals surface area (Å²) in [5.41, 5.74) is 1.02. The van der Waals surface area contributed by atoms with Gasteiger partial charge in [0.05, 0.1) is 12.9 Å². The van der Waals surface area contributed by atoms with Crippen molar-refractivity contribution in [3.8, 4) is 0 Å². The van der Waals surface area contributed by atoms with Crippen molar-refractivity contribution in [2.24, 2.45) is 0 Å². The number of methoxy groups -OCH3 is 1. The molecule has 0 saturated heterocycles. The van der Waals surface area contributed by atoms with E-state index in [4.69, 9.17) is 16.3 Å². The fourth-order valence-electron chi connectivity index (χ4n) is 0.950. The van der Waals surface area contributed by atoms with E-state index in [2.05, 4.69) is 22.5 Å². The van der Waals surface area contributed by atoms with E-state index in [1.165, 1.54) is 0 Å². The molecular formula is C10H10BrClO. The lowest BCUT2D eigenvalue weighted by Gasteiger charge is -2.06. The van der Waals surface area contributed by atoms with E-state index in [1.807, 2.05) is 18.2 Å². The first kappa shape index (κ1) is 10.6. The van der Waals surface area contributed by atoms with Crippen LogP contribution >= 0.6 is 27.5 Å². The van der Waals surface area contributed by atoms with Gasteiger partial charge >= 0.3 is 0 Å². The predicted molar refractivity (Wildman–Crippen MR) is 59.0 cm³/mol. The highest BCUT2D eigenvalue weighted by Crippen LogP contribution is 2.23. The standard InChI is InChI=1S/C10H10BrClO/c1-7(13-2)5-8-3-4-9(11)6-10(8)12/h3-4,6H,1,5H2,2H3. The molecule has 0 bridgehead atoms. The lowest BCUT2D eigenvalue weighted by Crippen LogP contribution is -1.92. The molecule has 0 aliphatic rings. The largest absolute Gasteiger partial charge is 0.501 e. The molecule has 0 spiro atoms. The molecule has 0 heterocycles. The highest BCUT2D eigenvalue weighted by Gasteiger charge is 2.02. The Kier molecular flexibility index (Phi) is 3.82. The number of benzene rings is 1. The fraction of sp³-hybridized carbons (Fsp3) is 0.200. The lowest BCUT2D eigenvalue weighted by atomic mass is 10.1. The molecule has 1 nitrogen and oxygen atoms in total. The van der Waals surface area contributed by atoms with Gasteiger partial charge in [0.25, 0.3) is 0 Å². The van der Waals surface area contributed by atoms with Gasteiger partial charge in [-0.25, -0.2) is 0 Å². The highest BCUT2D eigenvalue weighted by molar-refractivity contribution is 9.10. The van der Waals surface area contributed by atoms with E-state index in [0.717, 1.165) is 15.1 Å². The number of rotatable bonds is 3. The van der Waals surface area contributed by atoms with Crippen molar-refractivity contribution in [3.63, 3.8) is 0 Å². The molecule has 0 radical (unpaired) electrons. The number of hydrogen-bond acceptors (Lipinski definition) is 1. The van der Waals surface area contributed by atoms with Crippen LogP contribution in [0.1, 0.15) is 5.56 Å². The average Bonchev–Trinajstić information content (AvgIpc) is 2.09. The summed E-state index contributed by atoms with van der Waals surface area (Å²) in [4.78, 5) is 0. The first-order chi connectivity index (χ1) is 6.13. The molecule has 0 aliphatic heterocycles. The predicted octanol–water partition coefficient (Wildman–Crippen LogP) is 3.81. The van der Waals surface area contributed by atoms with Gasteiger partial charge in [0.1, 0.15) is 0 Å². The SMILES string of the molecule is C=C(Cc1ccc(Br)cc1Cl)OC. The molecule has 1 aromatic carbocycles. The molecule has 0 N–H and O–H groups in total. The zero-order valence-corrected chi connectivity index (χ0v) is 9.65. The minimum Gasteiger partial charge on any atom is -0.501 e. The summed E-state index contributed by atoms with van der Waals surface area (Å²) in [7, 11) is 1.61. The van der Waals surface area contributed by atoms with Crippen molar-refractivity contribution in [1.82, 2.24) is 0 Å². The van der Waals surface area contributed by atoms with Gasteiger partial charge < -0.3 is 4.74 Å². The minimum atomic E-state index is 0.655. The van der Waals surface area contributed by atoms with Crippen molar-refractivity contribution < 1.29 is 4.74 Å². The van der Waals surface area contributed by atoms with Gasteiger partial charge in [0, 0.05) is 15.9 Å². The Balaban J connectivity index is 2.83. The monoisotopic (exact) mass is 260 g/mol. The summed E-state index contributed by atoms with van der Waals surface area (Å²) < 4.78 is 5.95. The van der Waals surface area contributed by atoms with E-state index in [0.29, 0.717) is 12.2 Å². The summed E-state index contributed by atoms with van der Waals surface area (Å²) in [6.45, 7) is 3.74. The molecular weight excluding hydrogens is 251 g/mol. The first-order valence-electron chi connectivity index (χ1n) is 3.79. The van der Waals surface area contributed by atoms with Gasteiger partial charge in [0.2, 0.25) is 0 Å². The number of ether oxygens (including phenoxy) is 1. The molecule has 1 aromatic rings. The second-order valence-corrected chi connectivity index (χ2v) is 3.98. The molecule has 0 aromatic heterocycles. The molecule has 3 heteroatoms. The molecule has 0 unspecified atom stereocenters. The summed E-state index contributed by atoms with van der Waals surface area (Å²) >= 11 is 9.35. The van der Waals surface area contributed by atoms with E-state index in [1.54, 1.807) is 7.11 Å². The molecule has 0 amide bonds. The van der Waals surface area contributed by atoms with Crippen LogP contribution < -0.4 is 0 Å². The smallest absolute Gasteiger partial charge is 0.0928 e. The fourth-order valence-corrected chi connectivity index (χ4v) is 1.69. The van der Waals surface area contributed by atoms with Crippen molar-refractivity contribution in [1.29, 1.82) is 0 Å². The molecule has 70 valence electrons. The Hall–Kier alpha value is -0.470. The number of hydrogen-bond donors (Lipinski definition) is 0. The maximum Gasteiger partial charge on any atom is 0.0928 e. The molecule has 13 heavy (non-hydrogen) atoms. The Morgan fingerprint density at radius 1 is 1.62 bits per heavy atom. The van der Waals surface area contributed by atoms with Crippen LogP contribution in [0.3, 0.4) is 0 Å². The molecule has 0 aliphatic carbocycles. The Morgan fingerprint density at radius 3 is 2.85 bits per heavy atom. The summed E-state index contributed by atoms with van der Waals surface area (Å²) in [6.07, 6.45) is 0.655. The van der Waals surface area contributed by atoms with Gasteiger partial charge in [-0.3, -0.25) is 0 Å². The molecule has 0 fully saturated rings. The van der Waals surface area contributed by atoms with Crippen LogP contribution in [0.15, 0.2) is 35.0 Å². The van der Waals surface area contributed by atoms with Crippen LogP contribution in [0.5, 0.6) is 0 Å². The van der Waals surface area contributed by atoms with E-state index in [-0.39, 0.29) is 0 Å². The van der Waals surface area contributed by atoms with E-state index >= 15 is 0 Å². The highest BCUT2D eigenvalue weighted by atomic mass is 79.9. The molecule has 1 rings (SSSR count). The van der Waals surface area contributed by atoms with Gasteiger partial charge in [0.15, 0.2) is 0 Å². The molecule has 0 atom stereocenters. The maximum absolute atomic E-state index is 6.00. The van der Waals surface area contributed by atoms with Crippen molar-refractivity contribution in [2.75, 3.05) is 7.11 Å². The Bertz CT molecular complexity index is 323. The topological polar surface area (TPSA) is 9.23 Å². The van der Waals surface area contributed by atoms with Crippen LogP contribution in [-0.2, 0) is 11.2 Å². The normalized spacial score (nSPS) is 9.77. The summed E-state index contributed by atoms with van der Waals surface area (Å²) in [6, 6.07) is 5.76. The maximum atomic E-state index is 6.00. The Labute approximate surface area is 91.5 Å². The molecule has 0 saturated carbocycles. The van der Waals surface area contributed by atoms with Crippen LogP contribution in [0.2, 0.25) is 5.02 Å². The van der Waals surface area contributed by atoms with Crippen molar-refractivity contribution >= 4 is 27.5 Å². The van der Waals surface area contributed by atoms with Gasteiger partial charge in [-0.15, -0.1) is 0 Å². The van der Waals surface area contributed by atoms with Gasteiger partial charge in [-0.2, -0.15) is 0 Å². The quantitative estimate of drug-likeness (QED) is 0.752. The van der Waals surface area contributed by atoms with Gasteiger partial charge in [-0.05, 0) is 17.7 Å². The second kappa shape index (κ2) is 4.68. The summed E-state index contributed by atoms with van der Waals surface area (Å²) in [5.74, 6) is 0.712. The third-order valence-corrected chi connectivity index (χ3v) is 2.54. The van der Waals surface area contributed by atoms with Crippen molar-refractivity contribution in [3.05, 3.63) is 45.6 Å². The zero-order valence-electron chi connectivity index (χ0n) is 7.31. The van der Waals surface area contributed by atoms with E-state index in [9.17, 15) is 0 Å². The summed E-state index contributed by atoms with van der Waals surface area (Å²) in [5, 5.41) is 0.729. The van der Waals surface area contributed by atoms with E-state index < -0.39 is 0 Å². The first-order valence-corrected chi connectivity index (χ1v) is 4.96. The second-order valence-electron chi connectivity index (χ2n) is 2.66. The van der Waals surface area contributed by atoms with Crippen molar-refractivity contribution in [2.45, 2.75) is 6.42 Å². The van der Waals surface area contributed by atoms with Gasteiger partial charge in [-0.1, -0.05) is 40.2 Å².